The second-order valence-electron chi connectivity index (χ2n) is 7.74. The Balaban J connectivity index is 1.82. The van der Waals surface area contributed by atoms with Crippen LogP contribution in [0.1, 0.15) is 26.4 Å². The molecule has 1 aliphatic heterocycles. The second kappa shape index (κ2) is 7.44. The van der Waals surface area contributed by atoms with Gasteiger partial charge in [0.1, 0.15) is 0 Å². The Morgan fingerprint density at radius 1 is 1.11 bits per heavy atom. The Kier molecular flexibility index (Phi) is 4.99. The molecule has 0 radical (unpaired) electrons. The third-order valence-electron chi connectivity index (χ3n) is 5.38. The molecule has 0 atom stereocenters. The molecule has 0 saturated carbocycles. The number of carbonyl (C=O) groups excluding carboxylic acids is 1. The zero-order valence-electron chi connectivity index (χ0n) is 16.7. The van der Waals surface area contributed by atoms with Crippen molar-refractivity contribution in [3.05, 3.63) is 82.7 Å². The van der Waals surface area contributed by atoms with Gasteiger partial charge in [-0.25, -0.2) is 0 Å². The van der Waals surface area contributed by atoms with Crippen molar-refractivity contribution in [1.82, 2.24) is 0 Å². The van der Waals surface area contributed by atoms with Crippen LogP contribution in [0.5, 0.6) is 0 Å². The molecule has 3 aromatic rings. The first-order valence-corrected chi connectivity index (χ1v) is 10.6. The number of amides is 1. The van der Waals surface area contributed by atoms with Gasteiger partial charge < -0.3 is 4.90 Å². The monoisotopic (exact) mass is 385 g/mol. The van der Waals surface area contributed by atoms with Crippen LogP contribution in [0, 0.1) is 6.92 Å². The van der Waals surface area contributed by atoms with Crippen LogP contribution in [0.3, 0.4) is 0 Å². The van der Waals surface area contributed by atoms with Crippen molar-refractivity contribution in [3.63, 3.8) is 0 Å². The van der Waals surface area contributed by atoms with Gasteiger partial charge in [-0.1, -0.05) is 49.5 Å². The zero-order valence-corrected chi connectivity index (χ0v) is 17.5. The number of fused-ring (bicyclic) bond motifs is 3. The average Bonchev–Trinajstić information content (AvgIpc) is 3.06. The molecule has 140 valence electrons. The van der Waals surface area contributed by atoms with E-state index in [0.29, 0.717) is 13.3 Å². The minimum Gasteiger partial charge on any atom is -0.307 e. The molecule has 2 nitrogen and oxygen atoms in total. The van der Waals surface area contributed by atoms with Gasteiger partial charge in [-0.15, -0.1) is 17.9 Å². The molecule has 0 N–H and O–H groups in total. The summed E-state index contributed by atoms with van der Waals surface area (Å²) >= 11 is 1.81. The molecule has 4 rings (SSSR count). The molecule has 28 heavy (non-hydrogen) atoms. The average molecular weight is 385 g/mol. The fourth-order valence-corrected chi connectivity index (χ4v) is 5.00. The van der Waals surface area contributed by atoms with Crippen molar-refractivity contribution in [1.29, 1.82) is 0 Å². The molecule has 2 aromatic carbocycles. The number of hydrogen-bond donors (Lipinski definition) is 0. The Bertz CT molecular complexity index is 1050. The maximum absolute atomic E-state index is 13.3. The maximum Gasteiger partial charge on any atom is 0.258 e. The summed E-state index contributed by atoms with van der Waals surface area (Å²) in [5.74, 6) is 0.0643. The normalized spacial score (nSPS) is 12.8. The lowest BCUT2D eigenvalue weighted by atomic mass is 9.49. The SMILES string of the molecule is C=C(B(C)C)c1cc2c(s1)-c1ccc(C)cc1N(C(=O)c1ccccc1)CC2. The van der Waals surface area contributed by atoms with E-state index in [-0.39, 0.29) is 5.91 Å². The highest BCUT2D eigenvalue weighted by atomic mass is 32.1. The lowest BCUT2D eigenvalue weighted by Gasteiger charge is -2.23. The number of carbonyl (C=O) groups is 1. The van der Waals surface area contributed by atoms with Crippen molar-refractivity contribution in [3.8, 4) is 10.4 Å². The summed E-state index contributed by atoms with van der Waals surface area (Å²) in [6, 6.07) is 18.3. The van der Waals surface area contributed by atoms with Gasteiger partial charge in [-0.05, 0) is 48.7 Å². The van der Waals surface area contributed by atoms with Gasteiger partial charge >= 0.3 is 0 Å². The molecule has 0 aliphatic carbocycles. The Labute approximate surface area is 171 Å². The lowest BCUT2D eigenvalue weighted by molar-refractivity contribution is 0.0987. The second-order valence-corrected chi connectivity index (χ2v) is 8.79. The van der Waals surface area contributed by atoms with Crippen LogP contribution in [0.25, 0.3) is 15.9 Å². The molecule has 2 heterocycles. The first-order valence-electron chi connectivity index (χ1n) is 9.75. The van der Waals surface area contributed by atoms with Crippen LogP contribution in [-0.4, -0.2) is 19.2 Å². The largest absolute Gasteiger partial charge is 0.307 e. The van der Waals surface area contributed by atoms with Crippen LogP contribution in [-0.2, 0) is 6.42 Å². The van der Waals surface area contributed by atoms with Crippen LogP contribution in [0.2, 0.25) is 13.6 Å². The number of benzene rings is 2. The minimum atomic E-state index is 0.0643. The molecule has 4 heteroatoms. The van der Waals surface area contributed by atoms with Crippen molar-refractivity contribution in [2.75, 3.05) is 11.4 Å². The molecule has 0 saturated heterocycles. The van der Waals surface area contributed by atoms with E-state index in [2.05, 4.69) is 51.4 Å². The summed E-state index contributed by atoms with van der Waals surface area (Å²) in [4.78, 5) is 17.8. The summed E-state index contributed by atoms with van der Waals surface area (Å²) in [6.07, 6.45) is 0.851. The summed E-state index contributed by atoms with van der Waals surface area (Å²) in [7, 11) is 0. The summed E-state index contributed by atoms with van der Waals surface area (Å²) in [5, 5.41) is 0. The third-order valence-corrected chi connectivity index (χ3v) is 6.67. The van der Waals surface area contributed by atoms with Crippen LogP contribution in [0.15, 0.2) is 61.2 Å². The van der Waals surface area contributed by atoms with E-state index in [4.69, 9.17) is 0 Å². The van der Waals surface area contributed by atoms with E-state index in [0.717, 1.165) is 28.8 Å². The Morgan fingerprint density at radius 3 is 2.57 bits per heavy atom. The van der Waals surface area contributed by atoms with Gasteiger partial charge in [0.25, 0.3) is 5.91 Å². The number of anilines is 1. The van der Waals surface area contributed by atoms with Gasteiger partial charge in [0, 0.05) is 27.4 Å². The number of aryl methyl sites for hydroxylation is 1. The van der Waals surface area contributed by atoms with Gasteiger partial charge in [-0.3, -0.25) is 4.79 Å². The summed E-state index contributed by atoms with van der Waals surface area (Å²) in [5.41, 5.74) is 6.55. The van der Waals surface area contributed by atoms with Gasteiger partial charge in [0.2, 0.25) is 0 Å². The zero-order chi connectivity index (χ0) is 19.8. The highest BCUT2D eigenvalue weighted by molar-refractivity contribution is 7.18. The smallest absolute Gasteiger partial charge is 0.258 e. The van der Waals surface area contributed by atoms with Crippen molar-refractivity contribution in [2.45, 2.75) is 27.0 Å². The highest BCUT2D eigenvalue weighted by Crippen LogP contribution is 2.43. The fourth-order valence-electron chi connectivity index (χ4n) is 3.64. The Hall–Kier alpha value is -2.59. The fraction of sp³-hybridized carbons (Fsp3) is 0.208. The van der Waals surface area contributed by atoms with E-state index < -0.39 is 0 Å². The number of nitrogens with zero attached hydrogens (tertiary/aromatic N) is 1. The van der Waals surface area contributed by atoms with E-state index in [1.807, 2.05) is 35.2 Å². The van der Waals surface area contributed by atoms with E-state index in [9.17, 15) is 4.79 Å². The minimum absolute atomic E-state index is 0.0643. The van der Waals surface area contributed by atoms with E-state index >= 15 is 0 Å². The predicted octanol–water partition coefficient (Wildman–Crippen LogP) is 6.23. The molecule has 1 aromatic heterocycles. The maximum atomic E-state index is 13.3. The predicted molar refractivity (Wildman–Crippen MR) is 123 cm³/mol. The molecule has 0 bridgehead atoms. The number of hydrogen-bond acceptors (Lipinski definition) is 2. The topological polar surface area (TPSA) is 20.3 Å². The lowest BCUT2D eigenvalue weighted by Crippen LogP contribution is -2.32. The molecule has 1 aliphatic rings. The van der Waals surface area contributed by atoms with Gasteiger partial charge in [0.15, 0.2) is 6.71 Å². The molecule has 0 fully saturated rings. The van der Waals surface area contributed by atoms with Crippen LogP contribution in [0.4, 0.5) is 5.69 Å². The first-order chi connectivity index (χ1) is 13.5. The Morgan fingerprint density at radius 2 is 1.86 bits per heavy atom. The summed E-state index contributed by atoms with van der Waals surface area (Å²) < 4.78 is 0. The third kappa shape index (κ3) is 3.33. The van der Waals surface area contributed by atoms with Crippen molar-refractivity contribution >= 4 is 35.1 Å². The number of thiophene rings is 1. The quantitative estimate of drug-likeness (QED) is 0.489. The first kappa shape index (κ1) is 18.8. The van der Waals surface area contributed by atoms with Crippen LogP contribution < -0.4 is 4.90 Å². The van der Waals surface area contributed by atoms with Gasteiger partial charge in [-0.2, -0.15) is 0 Å². The van der Waals surface area contributed by atoms with Gasteiger partial charge in [0.05, 0.1) is 5.69 Å². The highest BCUT2D eigenvalue weighted by Gasteiger charge is 2.27. The molecular weight excluding hydrogens is 361 g/mol. The summed E-state index contributed by atoms with van der Waals surface area (Å²) in [6.45, 7) is 11.9. The molecule has 1 amide bonds. The van der Waals surface area contributed by atoms with Crippen LogP contribution >= 0.6 is 11.3 Å². The molecule has 0 unspecified atom stereocenters. The van der Waals surface area contributed by atoms with E-state index in [1.54, 1.807) is 11.3 Å². The van der Waals surface area contributed by atoms with E-state index in [1.165, 1.54) is 20.8 Å². The number of rotatable bonds is 3. The van der Waals surface area contributed by atoms with Crippen molar-refractivity contribution < 1.29 is 4.79 Å². The van der Waals surface area contributed by atoms with Crippen molar-refractivity contribution in [2.24, 2.45) is 0 Å². The molecule has 0 spiro atoms. The molecular formula is C24H24BNOS. The standard InChI is InChI=1S/C24H24BNOS/c1-16-10-11-20-21(14-16)26(24(27)18-8-6-5-7-9-18)13-12-19-15-22(28-23(19)20)17(2)25(3)4/h5-11,14-15H,2,12-13H2,1,3-4H3.